The molecule has 0 atom stereocenters. The standard InChI is InChI=1S/C22H25ClN4O5S/c1-14(2)27(13-20-24-25-21(32-20)16-8-6-7-9-17(16)23)22(28)15-10-11-18(31-5)19(12-15)33(29,30)26(3)4/h6-12,14H,13H2,1-5H3. The molecule has 0 radical (unpaired) electrons. The average Bonchev–Trinajstić information content (AvgIpc) is 3.25. The zero-order valence-corrected chi connectivity index (χ0v) is 20.5. The Labute approximate surface area is 198 Å². The van der Waals surface area contributed by atoms with Gasteiger partial charge in [-0.15, -0.1) is 10.2 Å². The van der Waals surface area contributed by atoms with E-state index in [0.29, 0.717) is 10.6 Å². The minimum Gasteiger partial charge on any atom is -0.495 e. The van der Waals surface area contributed by atoms with Crippen LogP contribution in [-0.2, 0) is 16.6 Å². The number of carbonyl (C=O) groups excluding carboxylic acids is 1. The number of rotatable bonds is 8. The summed E-state index contributed by atoms with van der Waals surface area (Å²) in [6.45, 7) is 3.71. The number of hydrogen-bond donors (Lipinski definition) is 0. The van der Waals surface area contributed by atoms with E-state index in [1.54, 1.807) is 24.3 Å². The molecule has 3 aromatic rings. The molecular weight excluding hydrogens is 468 g/mol. The molecule has 9 nitrogen and oxygen atoms in total. The Hall–Kier alpha value is -2.95. The van der Waals surface area contributed by atoms with E-state index >= 15 is 0 Å². The molecule has 1 aromatic heterocycles. The Kier molecular flexibility index (Phi) is 7.41. The van der Waals surface area contributed by atoms with E-state index in [2.05, 4.69) is 10.2 Å². The lowest BCUT2D eigenvalue weighted by Crippen LogP contribution is -2.36. The molecule has 0 aliphatic rings. The van der Waals surface area contributed by atoms with Gasteiger partial charge in [-0.2, -0.15) is 0 Å². The van der Waals surface area contributed by atoms with Crippen LogP contribution in [0.5, 0.6) is 5.75 Å². The van der Waals surface area contributed by atoms with Crippen LogP contribution in [0.1, 0.15) is 30.1 Å². The Morgan fingerprint density at radius 3 is 2.45 bits per heavy atom. The normalized spacial score (nSPS) is 11.8. The van der Waals surface area contributed by atoms with Crippen LogP contribution in [0.3, 0.4) is 0 Å². The van der Waals surface area contributed by atoms with Crippen molar-refractivity contribution in [3.63, 3.8) is 0 Å². The summed E-state index contributed by atoms with van der Waals surface area (Å²) in [6, 6.07) is 11.1. The van der Waals surface area contributed by atoms with Gasteiger partial charge < -0.3 is 14.1 Å². The Balaban J connectivity index is 1.93. The molecule has 0 unspecified atom stereocenters. The zero-order valence-electron chi connectivity index (χ0n) is 18.9. The number of ether oxygens (including phenoxy) is 1. The highest BCUT2D eigenvalue weighted by molar-refractivity contribution is 7.89. The van der Waals surface area contributed by atoms with Gasteiger partial charge in [0.1, 0.15) is 10.6 Å². The molecule has 0 aliphatic carbocycles. The molecule has 0 saturated carbocycles. The van der Waals surface area contributed by atoms with Gasteiger partial charge in [0.15, 0.2) is 0 Å². The first kappa shape index (κ1) is 24.7. The third kappa shape index (κ3) is 5.18. The van der Waals surface area contributed by atoms with Crippen LogP contribution >= 0.6 is 11.6 Å². The summed E-state index contributed by atoms with van der Waals surface area (Å²) in [6.07, 6.45) is 0. The summed E-state index contributed by atoms with van der Waals surface area (Å²) in [5, 5.41) is 8.56. The maximum atomic E-state index is 13.3. The first-order valence-corrected chi connectivity index (χ1v) is 11.9. The molecular formula is C22H25ClN4O5S. The smallest absolute Gasteiger partial charge is 0.254 e. The Morgan fingerprint density at radius 2 is 1.85 bits per heavy atom. The van der Waals surface area contributed by atoms with E-state index in [1.165, 1.54) is 44.3 Å². The molecule has 0 N–H and O–H groups in total. The Bertz CT molecular complexity index is 1260. The number of carbonyl (C=O) groups is 1. The van der Waals surface area contributed by atoms with Gasteiger partial charge in [-0.3, -0.25) is 4.79 Å². The fourth-order valence-corrected chi connectivity index (χ4v) is 4.36. The molecule has 176 valence electrons. The lowest BCUT2D eigenvalue weighted by Gasteiger charge is -2.25. The lowest BCUT2D eigenvalue weighted by molar-refractivity contribution is 0.0672. The number of halogens is 1. The number of nitrogens with zero attached hydrogens (tertiary/aromatic N) is 4. The molecule has 11 heteroatoms. The number of benzene rings is 2. The van der Waals surface area contributed by atoms with Crippen molar-refractivity contribution in [1.82, 2.24) is 19.4 Å². The fourth-order valence-electron chi connectivity index (χ4n) is 3.07. The van der Waals surface area contributed by atoms with Gasteiger partial charge in [-0.1, -0.05) is 23.7 Å². The summed E-state index contributed by atoms with van der Waals surface area (Å²) in [4.78, 5) is 14.8. The van der Waals surface area contributed by atoms with Gasteiger partial charge >= 0.3 is 0 Å². The van der Waals surface area contributed by atoms with Crippen LogP contribution in [0.4, 0.5) is 0 Å². The molecule has 0 bridgehead atoms. The highest BCUT2D eigenvalue weighted by Gasteiger charge is 2.27. The van der Waals surface area contributed by atoms with E-state index in [0.717, 1.165) is 4.31 Å². The van der Waals surface area contributed by atoms with Crippen molar-refractivity contribution in [2.24, 2.45) is 0 Å². The van der Waals surface area contributed by atoms with Crippen molar-refractivity contribution < 1.29 is 22.4 Å². The van der Waals surface area contributed by atoms with Gasteiger partial charge in [0.25, 0.3) is 5.91 Å². The van der Waals surface area contributed by atoms with Crippen molar-refractivity contribution >= 4 is 27.5 Å². The van der Waals surface area contributed by atoms with Gasteiger partial charge in [0, 0.05) is 25.7 Å². The molecule has 33 heavy (non-hydrogen) atoms. The van der Waals surface area contributed by atoms with Crippen molar-refractivity contribution in [3.05, 3.63) is 58.9 Å². The number of aromatic nitrogens is 2. The second-order valence-electron chi connectivity index (χ2n) is 7.66. The van der Waals surface area contributed by atoms with E-state index in [9.17, 15) is 13.2 Å². The van der Waals surface area contributed by atoms with Crippen LogP contribution in [-0.4, -0.2) is 61.0 Å². The number of sulfonamides is 1. The highest BCUT2D eigenvalue weighted by atomic mass is 35.5. The van der Waals surface area contributed by atoms with Crippen LogP contribution in [0.15, 0.2) is 51.8 Å². The van der Waals surface area contributed by atoms with Gasteiger partial charge in [0.2, 0.25) is 21.8 Å². The molecule has 0 aliphatic heterocycles. The van der Waals surface area contributed by atoms with Crippen LogP contribution in [0.25, 0.3) is 11.5 Å². The summed E-state index contributed by atoms with van der Waals surface area (Å²) in [5.74, 6) is 0.232. The Morgan fingerprint density at radius 1 is 1.15 bits per heavy atom. The quantitative estimate of drug-likeness (QED) is 0.472. The van der Waals surface area contributed by atoms with Crippen molar-refractivity contribution in [2.45, 2.75) is 31.3 Å². The average molecular weight is 493 g/mol. The lowest BCUT2D eigenvalue weighted by atomic mass is 10.1. The van der Waals surface area contributed by atoms with Crippen molar-refractivity contribution in [2.75, 3.05) is 21.2 Å². The number of methoxy groups -OCH3 is 1. The maximum absolute atomic E-state index is 13.3. The van der Waals surface area contributed by atoms with Crippen LogP contribution in [0, 0.1) is 0 Å². The van der Waals surface area contributed by atoms with Gasteiger partial charge in [-0.25, -0.2) is 12.7 Å². The van der Waals surface area contributed by atoms with Gasteiger partial charge in [-0.05, 0) is 44.2 Å². The second kappa shape index (κ2) is 9.90. The van der Waals surface area contributed by atoms with Gasteiger partial charge in [0.05, 0.1) is 24.2 Å². The summed E-state index contributed by atoms with van der Waals surface area (Å²) < 4.78 is 37.4. The maximum Gasteiger partial charge on any atom is 0.254 e. The topological polar surface area (TPSA) is 106 Å². The molecule has 0 fully saturated rings. The van der Waals surface area contributed by atoms with E-state index in [-0.39, 0.29) is 46.5 Å². The molecule has 1 heterocycles. The minimum absolute atomic E-state index is 0.0374. The highest BCUT2D eigenvalue weighted by Crippen LogP contribution is 2.29. The van der Waals surface area contributed by atoms with E-state index in [1.807, 2.05) is 13.8 Å². The number of amides is 1. The predicted molar refractivity (Wildman–Crippen MR) is 124 cm³/mol. The van der Waals surface area contributed by atoms with Crippen molar-refractivity contribution in [1.29, 1.82) is 0 Å². The third-order valence-electron chi connectivity index (χ3n) is 4.93. The minimum atomic E-state index is -3.83. The second-order valence-corrected chi connectivity index (χ2v) is 10.2. The van der Waals surface area contributed by atoms with Crippen LogP contribution < -0.4 is 4.74 Å². The van der Waals surface area contributed by atoms with Crippen molar-refractivity contribution in [3.8, 4) is 17.2 Å². The first-order chi connectivity index (χ1) is 15.6. The zero-order chi connectivity index (χ0) is 24.3. The third-order valence-corrected chi connectivity index (χ3v) is 7.10. The summed E-state index contributed by atoms with van der Waals surface area (Å²) in [7, 11) is 0.371. The first-order valence-electron chi connectivity index (χ1n) is 10.0. The monoisotopic (exact) mass is 492 g/mol. The van der Waals surface area contributed by atoms with E-state index < -0.39 is 10.0 Å². The fraction of sp³-hybridized carbons (Fsp3) is 0.318. The largest absolute Gasteiger partial charge is 0.495 e. The summed E-state index contributed by atoms with van der Waals surface area (Å²) in [5.41, 5.74) is 0.782. The predicted octanol–water partition coefficient (Wildman–Crippen LogP) is 3.70. The summed E-state index contributed by atoms with van der Waals surface area (Å²) >= 11 is 6.20. The molecule has 3 rings (SSSR count). The van der Waals surface area contributed by atoms with Crippen LogP contribution in [0.2, 0.25) is 5.02 Å². The molecule has 2 aromatic carbocycles. The SMILES string of the molecule is COc1ccc(C(=O)N(Cc2nnc(-c3ccccc3Cl)o2)C(C)C)cc1S(=O)(=O)N(C)C. The number of hydrogen-bond acceptors (Lipinski definition) is 7. The molecule has 0 saturated heterocycles. The molecule has 0 spiro atoms. The molecule has 1 amide bonds. The van der Waals surface area contributed by atoms with E-state index in [4.69, 9.17) is 20.8 Å².